The lowest BCUT2D eigenvalue weighted by molar-refractivity contribution is -0.131. The highest BCUT2D eigenvalue weighted by molar-refractivity contribution is 5.93. The van der Waals surface area contributed by atoms with Crippen LogP contribution in [0.5, 0.6) is 0 Å². The summed E-state index contributed by atoms with van der Waals surface area (Å²) in [6.45, 7) is 2.24. The summed E-state index contributed by atoms with van der Waals surface area (Å²) in [5, 5.41) is 16.4. The predicted octanol–water partition coefficient (Wildman–Crippen LogP) is 1.48. The molecule has 0 spiro atoms. The molecule has 4 rings (SSSR count). The van der Waals surface area contributed by atoms with Crippen molar-refractivity contribution in [2.75, 3.05) is 26.2 Å². The lowest BCUT2D eigenvalue weighted by atomic mass is 10.1. The Hall–Kier alpha value is -2.77. The summed E-state index contributed by atoms with van der Waals surface area (Å²) in [4.78, 5) is 30.9. The number of rotatable bonds is 8. The van der Waals surface area contributed by atoms with Crippen LogP contribution in [0.15, 0.2) is 42.6 Å². The first-order valence-corrected chi connectivity index (χ1v) is 11.6. The summed E-state index contributed by atoms with van der Waals surface area (Å²) in [5.41, 5.74) is 3.81. The van der Waals surface area contributed by atoms with E-state index in [1.165, 1.54) is 23.7 Å². The second-order valence-electron chi connectivity index (χ2n) is 8.80. The van der Waals surface area contributed by atoms with Crippen molar-refractivity contribution in [3.63, 3.8) is 0 Å². The Morgan fingerprint density at radius 3 is 2.41 bits per heavy atom. The minimum atomic E-state index is -0.669. The number of nitrogens with one attached hydrogen (secondary N) is 2. The van der Waals surface area contributed by atoms with Crippen LogP contribution in [0, 0.1) is 0 Å². The van der Waals surface area contributed by atoms with E-state index < -0.39 is 6.10 Å². The third-order valence-electron chi connectivity index (χ3n) is 6.32. The highest BCUT2D eigenvalue weighted by atomic mass is 16.3. The molecule has 1 aliphatic carbocycles. The number of carbonyl (C=O) groups excluding carboxylic acids is 2. The van der Waals surface area contributed by atoms with Crippen LogP contribution in [0.25, 0.3) is 0 Å². The molecule has 2 aliphatic rings. The third-order valence-corrected chi connectivity index (χ3v) is 6.32. The zero-order chi connectivity index (χ0) is 22.3. The predicted molar refractivity (Wildman–Crippen MR) is 122 cm³/mol. The molecule has 3 N–H and O–H groups in total. The fraction of sp³-hybridized carbons (Fsp3) is 0.480. The first-order valence-electron chi connectivity index (χ1n) is 11.6. The molecule has 1 unspecified atom stereocenters. The van der Waals surface area contributed by atoms with Gasteiger partial charge >= 0.3 is 0 Å². The summed E-state index contributed by atoms with van der Waals surface area (Å²) in [6, 6.07) is 12.1. The van der Waals surface area contributed by atoms with Crippen LogP contribution < -0.4 is 10.6 Å². The van der Waals surface area contributed by atoms with Crippen LogP contribution in [-0.4, -0.2) is 65.1 Å². The van der Waals surface area contributed by atoms with Crippen LogP contribution >= 0.6 is 0 Å². The largest absolute Gasteiger partial charge is 0.390 e. The summed E-state index contributed by atoms with van der Waals surface area (Å²) >= 11 is 0. The molecule has 0 saturated carbocycles. The van der Waals surface area contributed by atoms with Gasteiger partial charge in [0, 0.05) is 44.1 Å². The molecule has 2 amide bonds. The second kappa shape index (κ2) is 10.7. The lowest BCUT2D eigenvalue weighted by Gasteiger charge is -2.26. The van der Waals surface area contributed by atoms with Gasteiger partial charge in [0.2, 0.25) is 5.91 Å². The normalized spacial score (nSPS) is 17.1. The molecule has 1 saturated heterocycles. The van der Waals surface area contributed by atoms with Gasteiger partial charge in [0.25, 0.3) is 5.91 Å². The number of nitrogens with zero attached hydrogens (tertiary/aromatic N) is 2. The fourth-order valence-electron chi connectivity index (χ4n) is 4.46. The molecule has 1 aromatic heterocycles. The van der Waals surface area contributed by atoms with Crippen LogP contribution in [0.2, 0.25) is 0 Å². The van der Waals surface area contributed by atoms with E-state index in [-0.39, 0.29) is 24.8 Å². The fourth-order valence-corrected chi connectivity index (χ4v) is 4.46. The number of pyridine rings is 1. The van der Waals surface area contributed by atoms with Gasteiger partial charge in [-0.25, -0.2) is 0 Å². The molecule has 2 heterocycles. The number of amides is 2. The Kier molecular flexibility index (Phi) is 7.50. The summed E-state index contributed by atoms with van der Waals surface area (Å²) < 4.78 is 0. The molecule has 0 bridgehead atoms. The van der Waals surface area contributed by atoms with E-state index in [0.29, 0.717) is 23.8 Å². The monoisotopic (exact) mass is 436 g/mol. The summed E-state index contributed by atoms with van der Waals surface area (Å²) in [7, 11) is 0. The van der Waals surface area contributed by atoms with Gasteiger partial charge in [0.15, 0.2) is 0 Å². The van der Waals surface area contributed by atoms with E-state index in [1.807, 2.05) is 4.90 Å². The topological polar surface area (TPSA) is 94.6 Å². The summed E-state index contributed by atoms with van der Waals surface area (Å²) in [6.07, 6.45) is 6.33. The Balaban J connectivity index is 1.17. The molecule has 32 heavy (non-hydrogen) atoms. The number of likely N-dealkylation sites (tertiary alicyclic amines) is 1. The smallest absolute Gasteiger partial charge is 0.252 e. The van der Waals surface area contributed by atoms with Crippen molar-refractivity contribution < 1.29 is 14.7 Å². The SMILES string of the molecule is O=C(NCC(O)CNC1Cc2ccccc2C1)c1ccc(CC(=O)N2CCCCC2)nc1. The van der Waals surface area contributed by atoms with Gasteiger partial charge in [0.1, 0.15) is 0 Å². The molecule has 1 atom stereocenters. The van der Waals surface area contributed by atoms with E-state index >= 15 is 0 Å². The maximum Gasteiger partial charge on any atom is 0.252 e. The number of fused-ring (bicyclic) bond motifs is 1. The Morgan fingerprint density at radius 1 is 1.03 bits per heavy atom. The number of aromatic nitrogens is 1. The molecule has 1 aliphatic heterocycles. The van der Waals surface area contributed by atoms with Crippen molar-refractivity contribution in [1.82, 2.24) is 20.5 Å². The number of aliphatic hydroxyl groups excluding tert-OH is 1. The van der Waals surface area contributed by atoms with Crippen molar-refractivity contribution in [1.29, 1.82) is 0 Å². The molecule has 7 heteroatoms. The molecular weight excluding hydrogens is 404 g/mol. The number of hydrogen-bond acceptors (Lipinski definition) is 5. The number of piperidine rings is 1. The Morgan fingerprint density at radius 2 is 1.75 bits per heavy atom. The van der Waals surface area contributed by atoms with Gasteiger partial charge < -0.3 is 20.6 Å². The minimum Gasteiger partial charge on any atom is -0.390 e. The highest BCUT2D eigenvalue weighted by Crippen LogP contribution is 2.21. The molecule has 2 aromatic rings. The van der Waals surface area contributed by atoms with Gasteiger partial charge in [-0.15, -0.1) is 0 Å². The standard InChI is InChI=1S/C25H32N4O3/c30-23(16-27-22-12-18-6-2-3-7-19(18)13-22)17-28-25(32)20-8-9-21(26-15-20)14-24(31)29-10-4-1-5-11-29/h2-3,6-9,15,22-23,27,30H,1,4-5,10-14,16-17H2,(H,28,32). The zero-order valence-corrected chi connectivity index (χ0v) is 18.4. The number of aliphatic hydroxyl groups is 1. The Bertz CT molecular complexity index is 900. The molecule has 1 aromatic carbocycles. The van der Waals surface area contributed by atoms with E-state index in [9.17, 15) is 14.7 Å². The first-order chi connectivity index (χ1) is 15.6. The lowest BCUT2D eigenvalue weighted by Crippen LogP contribution is -2.41. The first kappa shape index (κ1) is 22.4. The zero-order valence-electron chi connectivity index (χ0n) is 18.4. The van der Waals surface area contributed by atoms with E-state index in [1.54, 1.807) is 12.1 Å². The van der Waals surface area contributed by atoms with E-state index in [0.717, 1.165) is 38.8 Å². The number of benzene rings is 1. The molecule has 0 radical (unpaired) electrons. The van der Waals surface area contributed by atoms with Crippen molar-refractivity contribution in [3.8, 4) is 0 Å². The Labute approximate surface area is 189 Å². The third kappa shape index (κ3) is 5.93. The molecule has 1 fully saturated rings. The average Bonchev–Trinajstić information content (AvgIpc) is 3.25. The van der Waals surface area contributed by atoms with Gasteiger partial charge in [-0.3, -0.25) is 14.6 Å². The highest BCUT2D eigenvalue weighted by Gasteiger charge is 2.21. The van der Waals surface area contributed by atoms with Crippen molar-refractivity contribution in [3.05, 3.63) is 65.0 Å². The van der Waals surface area contributed by atoms with Gasteiger partial charge in [0.05, 0.1) is 18.1 Å². The average molecular weight is 437 g/mol. The van der Waals surface area contributed by atoms with Gasteiger partial charge in [-0.2, -0.15) is 0 Å². The molecule has 170 valence electrons. The van der Waals surface area contributed by atoms with E-state index in [4.69, 9.17) is 0 Å². The van der Waals surface area contributed by atoms with Crippen LogP contribution in [0.1, 0.15) is 46.4 Å². The van der Waals surface area contributed by atoms with Crippen molar-refractivity contribution in [2.24, 2.45) is 0 Å². The van der Waals surface area contributed by atoms with E-state index in [2.05, 4.69) is 39.9 Å². The van der Waals surface area contributed by atoms with Crippen LogP contribution in [-0.2, 0) is 24.1 Å². The van der Waals surface area contributed by atoms with Gasteiger partial charge in [-0.05, 0) is 55.4 Å². The number of hydrogen-bond donors (Lipinski definition) is 3. The minimum absolute atomic E-state index is 0.0929. The van der Waals surface area contributed by atoms with Crippen molar-refractivity contribution >= 4 is 11.8 Å². The number of carbonyl (C=O) groups is 2. The van der Waals surface area contributed by atoms with Crippen molar-refractivity contribution in [2.45, 2.75) is 50.7 Å². The second-order valence-corrected chi connectivity index (χ2v) is 8.80. The maximum absolute atomic E-state index is 12.4. The van der Waals surface area contributed by atoms with Crippen LogP contribution in [0.3, 0.4) is 0 Å². The molecule has 7 nitrogen and oxygen atoms in total. The van der Waals surface area contributed by atoms with Crippen LogP contribution in [0.4, 0.5) is 0 Å². The summed E-state index contributed by atoms with van der Waals surface area (Å²) in [5.74, 6) is -0.186. The maximum atomic E-state index is 12.4. The van der Waals surface area contributed by atoms with Gasteiger partial charge in [-0.1, -0.05) is 24.3 Å². The molecular formula is C25H32N4O3. The quantitative estimate of drug-likeness (QED) is 0.583.